The predicted octanol–water partition coefficient (Wildman–Crippen LogP) is -2.50. The summed E-state index contributed by atoms with van der Waals surface area (Å²) in [6, 6.07) is 0. The van der Waals surface area contributed by atoms with Crippen LogP contribution in [0.25, 0.3) is 0 Å². The lowest BCUT2D eigenvalue weighted by atomic mass is 16.0. The second-order valence-corrected chi connectivity index (χ2v) is 0. The summed E-state index contributed by atoms with van der Waals surface area (Å²) in [7, 11) is 0. The average molecular weight is 90.7 g/mol. The van der Waals surface area contributed by atoms with Crippen LogP contribution in [-0.4, -0.2) is 51.6 Å². The minimum Gasteiger partial charge on any atom is -0.412 e. The van der Waals surface area contributed by atoms with Crippen LogP contribution in [0, 0.1) is 0 Å². The van der Waals surface area contributed by atoms with Crippen LogP contribution in [0.15, 0.2) is 0 Å². The highest BCUT2D eigenvalue weighted by Crippen LogP contribution is 0.420. The van der Waals surface area contributed by atoms with Gasteiger partial charge in [0.05, 0.1) is 0 Å². The Morgan fingerprint density at radius 2 is 0.750 bits per heavy atom. The first-order chi connectivity index (χ1) is 0. The van der Waals surface area contributed by atoms with Crippen LogP contribution in [-0.2, 0) is 0 Å². The van der Waals surface area contributed by atoms with Gasteiger partial charge in [0.15, 0.2) is 0 Å². The summed E-state index contributed by atoms with van der Waals surface area (Å²) in [5.74, 6) is 0. The maximum absolute atomic E-state index is 0. The Bertz CT molecular complexity index is 6.00. The van der Waals surface area contributed by atoms with Gasteiger partial charge in [-0.05, 0) is 0 Å². The average Bonchev–Trinajstić information content (AvgIpc) is 0. The van der Waals surface area contributed by atoms with E-state index < -0.39 is 0 Å². The van der Waals surface area contributed by atoms with E-state index in [-0.39, 0.29) is 56.3 Å². The highest BCUT2D eigenvalue weighted by atomic mass is 24.3. The van der Waals surface area contributed by atoms with Gasteiger partial charge in [-0.1, -0.05) is 0 Å². The van der Waals surface area contributed by atoms with Crippen molar-refractivity contribution < 1.29 is 10.2 Å². The van der Waals surface area contributed by atoms with E-state index in [0.717, 1.165) is 0 Å². The molecule has 1 nitrogen and oxygen atoms in total. The molecule has 0 fully saturated rings. The second kappa shape index (κ2) is 25.6. The summed E-state index contributed by atoms with van der Waals surface area (Å²) >= 11 is 0. The fourth-order valence-electron chi connectivity index (χ4n) is 0. The Hall–Kier alpha value is 1.42. The predicted molar refractivity (Wildman–Crippen MR) is 23.2 cm³/mol. The van der Waals surface area contributed by atoms with Gasteiger partial charge in [-0.2, -0.15) is 0 Å². The molecule has 0 aliphatic rings. The fraction of sp³-hybridized carbons (Fsp3) is 0. The number of hydrogen-bond donors (Lipinski definition) is 0. The molecule has 4 heavy (non-hydrogen) atoms. The minimum atomic E-state index is 0. The molecule has 0 atom stereocenters. The minimum absolute atomic E-state index is 0. The van der Waals surface area contributed by atoms with E-state index in [1.165, 1.54) is 0 Å². The molecule has 4 heteroatoms. The van der Waals surface area contributed by atoms with Gasteiger partial charge in [0, 0.05) is 0 Å². The van der Waals surface area contributed by atoms with Crippen LogP contribution in [0.5, 0.6) is 0 Å². The lowest BCUT2D eigenvalue weighted by molar-refractivity contribution is 0.824. The third-order valence-corrected chi connectivity index (χ3v) is 0. The van der Waals surface area contributed by atoms with Crippen molar-refractivity contribution in [3.05, 3.63) is 0 Å². The molecule has 0 bridgehead atoms. The van der Waals surface area contributed by atoms with E-state index in [0.29, 0.717) is 0 Å². The van der Waals surface area contributed by atoms with Gasteiger partial charge >= 0.3 is 46.1 Å². The zero-order chi connectivity index (χ0) is 0. The zero-order valence-corrected chi connectivity index (χ0v) is 0.908. The highest BCUT2D eigenvalue weighted by Gasteiger charge is 0.317. The van der Waals surface area contributed by atoms with Gasteiger partial charge < -0.3 is 5.48 Å². The van der Waals surface area contributed by atoms with Crippen molar-refractivity contribution >= 4 is 46.1 Å². The van der Waals surface area contributed by atoms with Crippen molar-refractivity contribution in [2.45, 2.75) is 0 Å². The van der Waals surface area contributed by atoms with Crippen LogP contribution >= 0.6 is 0 Å². The normalized spacial score (nSPS) is 0. The summed E-state index contributed by atoms with van der Waals surface area (Å²) < 4.78 is 0. The largest absolute Gasteiger partial charge is 0.412 e. The Balaban J connectivity index is 0. The van der Waals surface area contributed by atoms with Crippen LogP contribution in [0.1, 0.15) is 0 Å². The van der Waals surface area contributed by atoms with Crippen LogP contribution in [0.3, 0.4) is 0 Å². The van der Waals surface area contributed by atoms with Crippen molar-refractivity contribution in [1.29, 1.82) is 0 Å². The van der Waals surface area contributed by atoms with Crippen LogP contribution in [0.2, 0.25) is 0 Å². The Morgan fingerprint density at radius 1 is 0.750 bits per heavy atom. The van der Waals surface area contributed by atoms with Crippen molar-refractivity contribution in [2.24, 2.45) is 0 Å². The quantitative estimate of drug-likeness (QED) is 0.295. The van der Waals surface area contributed by atoms with Crippen LogP contribution < -0.4 is 0 Å². The number of halogens is 1. The topological polar surface area (TPSA) is 31.5 Å². The lowest BCUT2D eigenvalue weighted by Gasteiger charge is -0.412. The van der Waals surface area contributed by atoms with E-state index in [1.807, 2.05) is 0 Å². The molecule has 0 aromatic rings. The fourth-order valence-corrected chi connectivity index (χ4v) is 0. The molecular weight excluding hydrogens is 83.6 g/mol. The maximum Gasteiger partial charge on any atom is 0.316 e. The molecule has 0 rings (SSSR count). The number of rotatable bonds is 0. The first-order valence-electron chi connectivity index (χ1n) is 0. The molecule has 24 valence electrons. The molecule has 2 N–H and O–H groups in total. The molecular formula is H7FMg2O. The van der Waals surface area contributed by atoms with Gasteiger partial charge in [0.1, 0.15) is 0 Å². The Morgan fingerprint density at radius 3 is 0.750 bits per heavy atom. The van der Waals surface area contributed by atoms with Gasteiger partial charge in [-0.3, -0.25) is 4.70 Å². The zero-order valence-electron chi connectivity index (χ0n) is 0.908. The van der Waals surface area contributed by atoms with E-state index in [1.54, 1.807) is 0 Å². The molecule has 0 aliphatic heterocycles. The van der Waals surface area contributed by atoms with E-state index in [4.69, 9.17) is 0 Å². The van der Waals surface area contributed by atoms with Crippen molar-refractivity contribution in [3.63, 3.8) is 0 Å². The van der Waals surface area contributed by atoms with E-state index in [9.17, 15) is 0 Å². The van der Waals surface area contributed by atoms with E-state index in [2.05, 4.69) is 0 Å². The maximum atomic E-state index is 0. The smallest absolute Gasteiger partial charge is 0.316 e. The summed E-state index contributed by atoms with van der Waals surface area (Å²) in [5, 5.41) is 0. The summed E-state index contributed by atoms with van der Waals surface area (Å²) in [6.45, 7) is 0. The molecule has 0 radical (unpaired) electrons. The standard InChI is InChI=1S/FH.2Mg.H2O.4H/h1H;;;1H2;;;;. The highest BCUT2D eigenvalue weighted by molar-refractivity contribution is 5.76. The summed E-state index contributed by atoms with van der Waals surface area (Å²) in [6.07, 6.45) is 0. The Labute approximate surface area is 56.1 Å². The molecule has 0 aliphatic carbocycles. The van der Waals surface area contributed by atoms with Gasteiger partial charge in [-0.25, -0.2) is 0 Å². The van der Waals surface area contributed by atoms with Crippen molar-refractivity contribution in [1.82, 2.24) is 0 Å². The first-order valence-corrected chi connectivity index (χ1v) is 0. The third kappa shape index (κ3) is 9.93. The molecule has 0 unspecified atom stereocenters. The van der Waals surface area contributed by atoms with Crippen LogP contribution in [0.4, 0.5) is 4.70 Å². The molecule has 0 aromatic carbocycles. The monoisotopic (exact) mass is 90.0 g/mol. The molecule has 0 saturated heterocycles. The lowest BCUT2D eigenvalue weighted by Crippen LogP contribution is -0.382. The van der Waals surface area contributed by atoms with Gasteiger partial charge in [0.2, 0.25) is 0 Å². The SMILES string of the molecule is F.O.[MgH2].[MgH2]. The summed E-state index contributed by atoms with van der Waals surface area (Å²) in [4.78, 5) is 0. The second-order valence-electron chi connectivity index (χ2n) is 0. The molecule has 0 heterocycles. The van der Waals surface area contributed by atoms with E-state index >= 15 is 0 Å². The summed E-state index contributed by atoms with van der Waals surface area (Å²) in [5.41, 5.74) is 0. The third-order valence-electron chi connectivity index (χ3n) is 0. The Kier molecular flexibility index (Phi) is 335. The first kappa shape index (κ1) is 52.4. The molecule has 0 spiro atoms. The van der Waals surface area contributed by atoms with Gasteiger partial charge in [0.25, 0.3) is 0 Å². The molecule has 0 amide bonds. The van der Waals surface area contributed by atoms with Crippen molar-refractivity contribution in [2.75, 3.05) is 0 Å². The van der Waals surface area contributed by atoms with Crippen molar-refractivity contribution in [3.8, 4) is 0 Å². The van der Waals surface area contributed by atoms with Gasteiger partial charge in [-0.15, -0.1) is 0 Å². The molecule has 0 saturated carbocycles. The number of hydrogen-bond acceptors (Lipinski definition) is 0. The molecule has 0 aromatic heterocycles.